The first-order valence-corrected chi connectivity index (χ1v) is 7.49. The Balaban J connectivity index is 2.31. The monoisotopic (exact) mass is 334 g/mol. The van der Waals surface area contributed by atoms with Crippen molar-refractivity contribution in [1.29, 1.82) is 0 Å². The molecule has 0 amide bonds. The fourth-order valence-electron chi connectivity index (χ4n) is 2.00. The van der Waals surface area contributed by atoms with Gasteiger partial charge in [0.1, 0.15) is 11.9 Å². The van der Waals surface area contributed by atoms with Crippen molar-refractivity contribution < 1.29 is 4.74 Å². The van der Waals surface area contributed by atoms with Gasteiger partial charge in [-0.2, -0.15) is 0 Å². The quantitative estimate of drug-likeness (QED) is 0.898. The van der Waals surface area contributed by atoms with E-state index in [1.807, 2.05) is 43.5 Å². The van der Waals surface area contributed by atoms with Crippen LogP contribution in [-0.4, -0.2) is 11.0 Å². The molecule has 2 rings (SSSR count). The maximum atomic E-state index is 6.22. The zero-order valence-electron chi connectivity index (χ0n) is 11.7. The summed E-state index contributed by atoms with van der Waals surface area (Å²) in [7, 11) is 0. The van der Waals surface area contributed by atoms with E-state index < -0.39 is 0 Å². The Morgan fingerprint density at radius 2 is 2.15 bits per heavy atom. The lowest BCUT2D eigenvalue weighted by Crippen LogP contribution is -2.31. The van der Waals surface area contributed by atoms with Crippen LogP contribution in [0.2, 0.25) is 0 Å². The molecule has 0 spiro atoms. The predicted octanol–water partition coefficient (Wildman–Crippen LogP) is 4.01. The highest BCUT2D eigenvalue weighted by molar-refractivity contribution is 9.10. The molecule has 0 aliphatic carbocycles. The lowest BCUT2D eigenvalue weighted by atomic mass is 10.0. The first kappa shape index (κ1) is 15.0. The molecule has 0 saturated carbocycles. The van der Waals surface area contributed by atoms with Crippen LogP contribution in [0.15, 0.2) is 47.2 Å². The van der Waals surface area contributed by atoms with Crippen molar-refractivity contribution >= 4 is 15.9 Å². The van der Waals surface area contributed by atoms with Gasteiger partial charge in [-0.25, -0.2) is 0 Å². The number of nitrogens with zero attached hydrogens (tertiary/aromatic N) is 1. The van der Waals surface area contributed by atoms with E-state index in [1.165, 1.54) is 0 Å². The van der Waals surface area contributed by atoms with Crippen LogP contribution in [0.1, 0.15) is 30.6 Å². The van der Waals surface area contributed by atoms with Crippen LogP contribution in [-0.2, 0) is 0 Å². The predicted molar refractivity (Wildman–Crippen MR) is 84.8 cm³/mol. The van der Waals surface area contributed by atoms with E-state index in [0.717, 1.165) is 27.8 Å². The Kier molecular flexibility index (Phi) is 5.15. The number of ether oxygens (including phenoxy) is 1. The van der Waals surface area contributed by atoms with Crippen LogP contribution in [0.3, 0.4) is 0 Å². The number of aryl methyl sites for hydroxylation is 1. The van der Waals surface area contributed by atoms with Gasteiger partial charge in [0.05, 0.1) is 0 Å². The summed E-state index contributed by atoms with van der Waals surface area (Å²) in [4.78, 5) is 4.16. The number of aromatic nitrogens is 1. The summed E-state index contributed by atoms with van der Waals surface area (Å²) >= 11 is 3.47. The summed E-state index contributed by atoms with van der Waals surface area (Å²) in [5.74, 6) is 0.845. The second-order valence-electron chi connectivity index (χ2n) is 4.81. The summed E-state index contributed by atoms with van der Waals surface area (Å²) in [6, 6.07) is 9.83. The van der Waals surface area contributed by atoms with E-state index in [0.29, 0.717) is 0 Å². The van der Waals surface area contributed by atoms with Crippen molar-refractivity contribution in [2.75, 3.05) is 0 Å². The van der Waals surface area contributed by atoms with Gasteiger partial charge in [-0.15, -0.1) is 0 Å². The van der Waals surface area contributed by atoms with Crippen molar-refractivity contribution in [2.24, 2.45) is 5.73 Å². The Bertz CT molecular complexity index is 560. The molecule has 20 heavy (non-hydrogen) atoms. The van der Waals surface area contributed by atoms with E-state index in [2.05, 4.69) is 27.8 Å². The highest BCUT2D eigenvalue weighted by Crippen LogP contribution is 2.29. The number of halogens is 1. The molecule has 0 aliphatic rings. The molecule has 2 atom stereocenters. The minimum Gasteiger partial charge on any atom is -0.484 e. The van der Waals surface area contributed by atoms with Crippen LogP contribution < -0.4 is 10.5 Å². The smallest absolute Gasteiger partial charge is 0.140 e. The Hall–Kier alpha value is -1.39. The number of benzene rings is 1. The molecule has 3 nitrogen and oxygen atoms in total. The molecule has 2 unspecified atom stereocenters. The fraction of sp³-hybridized carbons (Fsp3) is 0.312. The molecule has 4 heteroatoms. The van der Waals surface area contributed by atoms with Gasteiger partial charge in [-0.05, 0) is 37.1 Å². The lowest BCUT2D eigenvalue weighted by Gasteiger charge is -2.25. The van der Waals surface area contributed by atoms with Crippen molar-refractivity contribution in [3.63, 3.8) is 0 Å². The molecule has 0 radical (unpaired) electrons. The fourth-order valence-corrected chi connectivity index (χ4v) is 2.34. The maximum Gasteiger partial charge on any atom is 0.140 e. The topological polar surface area (TPSA) is 48.1 Å². The number of hydrogen-bond donors (Lipinski definition) is 1. The van der Waals surface area contributed by atoms with Crippen molar-refractivity contribution in [2.45, 2.75) is 32.4 Å². The maximum absolute atomic E-state index is 6.22. The standard InChI is InChI=1S/C16H19BrN2O/c1-3-14(18)16(12-5-4-8-19-10-12)20-15-9-13(17)7-6-11(15)2/h4-10,14,16H,3,18H2,1-2H3. The van der Waals surface area contributed by atoms with Crippen molar-refractivity contribution in [3.05, 3.63) is 58.3 Å². The summed E-state index contributed by atoms with van der Waals surface area (Å²) in [5, 5.41) is 0. The van der Waals surface area contributed by atoms with Crippen LogP contribution in [0.4, 0.5) is 0 Å². The molecule has 0 saturated heterocycles. The second kappa shape index (κ2) is 6.86. The summed E-state index contributed by atoms with van der Waals surface area (Å²) in [6.07, 6.45) is 4.21. The van der Waals surface area contributed by atoms with E-state index in [1.54, 1.807) is 6.20 Å². The molecular weight excluding hydrogens is 316 g/mol. The van der Waals surface area contributed by atoms with Gasteiger partial charge in [0.25, 0.3) is 0 Å². The van der Waals surface area contributed by atoms with Crippen LogP contribution in [0.25, 0.3) is 0 Å². The normalized spacial score (nSPS) is 13.8. The lowest BCUT2D eigenvalue weighted by molar-refractivity contribution is 0.169. The highest BCUT2D eigenvalue weighted by atomic mass is 79.9. The van der Waals surface area contributed by atoms with Gasteiger partial charge in [0.15, 0.2) is 0 Å². The third-order valence-electron chi connectivity index (χ3n) is 3.28. The molecule has 1 aromatic carbocycles. The second-order valence-corrected chi connectivity index (χ2v) is 5.72. The van der Waals surface area contributed by atoms with Crippen LogP contribution in [0.5, 0.6) is 5.75 Å². The average Bonchev–Trinajstić information content (AvgIpc) is 2.48. The minimum absolute atomic E-state index is 0.0717. The molecule has 0 bridgehead atoms. The Morgan fingerprint density at radius 1 is 1.35 bits per heavy atom. The number of nitrogens with two attached hydrogens (primary N) is 1. The molecule has 0 fully saturated rings. The first-order valence-electron chi connectivity index (χ1n) is 6.70. The Morgan fingerprint density at radius 3 is 2.80 bits per heavy atom. The van der Waals surface area contributed by atoms with E-state index in [-0.39, 0.29) is 12.1 Å². The Labute approximate surface area is 128 Å². The zero-order chi connectivity index (χ0) is 14.5. The van der Waals surface area contributed by atoms with Gasteiger partial charge >= 0.3 is 0 Å². The van der Waals surface area contributed by atoms with Crippen molar-refractivity contribution in [3.8, 4) is 5.75 Å². The summed E-state index contributed by atoms with van der Waals surface area (Å²) in [5.41, 5.74) is 8.31. The molecule has 106 valence electrons. The largest absolute Gasteiger partial charge is 0.484 e. The zero-order valence-corrected chi connectivity index (χ0v) is 13.3. The highest BCUT2D eigenvalue weighted by Gasteiger charge is 2.21. The molecular formula is C16H19BrN2O. The SMILES string of the molecule is CCC(N)C(Oc1cc(Br)ccc1C)c1cccnc1. The molecule has 2 N–H and O–H groups in total. The third-order valence-corrected chi connectivity index (χ3v) is 3.77. The number of pyridine rings is 1. The molecule has 1 aromatic heterocycles. The van der Waals surface area contributed by atoms with E-state index in [9.17, 15) is 0 Å². The average molecular weight is 335 g/mol. The first-order chi connectivity index (χ1) is 9.61. The third kappa shape index (κ3) is 3.58. The van der Waals surface area contributed by atoms with Crippen molar-refractivity contribution in [1.82, 2.24) is 4.98 Å². The van der Waals surface area contributed by atoms with Gasteiger partial charge in [-0.1, -0.05) is 35.0 Å². The molecule has 2 aromatic rings. The van der Waals surface area contributed by atoms with Gasteiger partial charge in [-0.3, -0.25) is 4.98 Å². The van der Waals surface area contributed by atoms with Crippen LogP contribution >= 0.6 is 15.9 Å². The summed E-state index contributed by atoms with van der Waals surface area (Å²) in [6.45, 7) is 4.09. The summed E-state index contributed by atoms with van der Waals surface area (Å²) < 4.78 is 7.16. The minimum atomic E-state index is -0.193. The molecule has 1 heterocycles. The van der Waals surface area contributed by atoms with Gasteiger partial charge in [0, 0.05) is 28.5 Å². The van der Waals surface area contributed by atoms with Crippen LogP contribution in [0, 0.1) is 6.92 Å². The van der Waals surface area contributed by atoms with Gasteiger partial charge in [0.2, 0.25) is 0 Å². The molecule has 0 aliphatic heterocycles. The van der Waals surface area contributed by atoms with E-state index in [4.69, 9.17) is 10.5 Å². The number of hydrogen-bond acceptors (Lipinski definition) is 3. The van der Waals surface area contributed by atoms with Gasteiger partial charge < -0.3 is 10.5 Å². The van der Waals surface area contributed by atoms with E-state index >= 15 is 0 Å². The number of rotatable bonds is 5.